The maximum absolute atomic E-state index is 14.2. The van der Waals surface area contributed by atoms with Crippen LogP contribution in [-0.4, -0.2) is 155 Å². The number of aliphatic hydroxyl groups excluding tert-OH is 1. The second-order valence-corrected chi connectivity index (χ2v) is 31.0. The predicted octanol–water partition coefficient (Wildman–Crippen LogP) is 15.4. The molecule has 0 saturated carbocycles. The summed E-state index contributed by atoms with van der Waals surface area (Å²) in [5.74, 6) is -0.305. The molecule has 618 valence electrons. The molecule has 2 aliphatic heterocycles. The molecular formula is C83H143ClF2N10O12. The summed E-state index contributed by atoms with van der Waals surface area (Å²) < 4.78 is 49.8. The lowest BCUT2D eigenvalue weighted by molar-refractivity contribution is -0.110. The van der Waals surface area contributed by atoms with Crippen molar-refractivity contribution in [2.45, 2.75) is 284 Å². The lowest BCUT2D eigenvalue weighted by Crippen LogP contribution is -2.51. The summed E-state index contributed by atoms with van der Waals surface area (Å²) in [6, 6.07) is 23.7. The number of ketones is 1. The van der Waals surface area contributed by atoms with E-state index in [4.69, 9.17) is 48.1 Å². The summed E-state index contributed by atoms with van der Waals surface area (Å²) in [6.07, 6.45) is 8.25. The number of aryl methyl sites for hydroxylation is 1. The third-order valence-electron chi connectivity index (χ3n) is 15.2. The van der Waals surface area contributed by atoms with E-state index in [0.717, 1.165) is 93.9 Å². The molecule has 3 heterocycles. The van der Waals surface area contributed by atoms with E-state index in [0.29, 0.717) is 43.7 Å². The second-order valence-electron chi connectivity index (χ2n) is 30.7. The number of rotatable bonds is 28. The minimum Gasteiger partial charge on any atom is -0.483 e. The number of hydrogen-bond acceptors (Lipinski definition) is 18. The highest BCUT2D eigenvalue weighted by atomic mass is 35.5. The van der Waals surface area contributed by atoms with E-state index in [1.54, 1.807) is 9.47 Å². The number of aromatic nitrogens is 1. The molecule has 108 heavy (non-hydrogen) atoms. The molecule has 3 amide bonds. The first-order chi connectivity index (χ1) is 50.5. The number of carbonyl (C=O) groups excluding carboxylic acids is 6. The number of aliphatic hydroxyl groups is 1. The van der Waals surface area contributed by atoms with Gasteiger partial charge in [-0.05, 0) is 162 Å². The number of amides is 3. The van der Waals surface area contributed by atoms with Gasteiger partial charge < -0.3 is 76.8 Å². The molecule has 0 radical (unpaired) electrons. The number of aldehydes is 1. The van der Waals surface area contributed by atoms with E-state index >= 15 is 0 Å². The first kappa shape index (κ1) is 105. The number of nitrogens with one attached hydrogen (secondary N) is 4. The zero-order chi connectivity index (χ0) is 83.5. The number of benzene rings is 3. The average molecular weight is 1550 g/mol. The molecule has 3 aromatic carbocycles. The van der Waals surface area contributed by atoms with Gasteiger partial charge in [0.1, 0.15) is 48.5 Å². The minimum absolute atomic E-state index is 0.00135. The Labute approximate surface area is 653 Å². The Bertz CT molecular complexity index is 3130. The molecule has 1 saturated heterocycles. The molecule has 2 aliphatic rings. The van der Waals surface area contributed by atoms with Gasteiger partial charge in [0, 0.05) is 106 Å². The van der Waals surface area contributed by atoms with Crippen LogP contribution < -0.4 is 48.6 Å². The van der Waals surface area contributed by atoms with Gasteiger partial charge >= 0.3 is 17.6 Å². The zero-order valence-corrected chi connectivity index (χ0v) is 70.9. The van der Waals surface area contributed by atoms with Crippen molar-refractivity contribution >= 4 is 47.2 Å². The van der Waals surface area contributed by atoms with Gasteiger partial charge in [0.15, 0.2) is 17.2 Å². The van der Waals surface area contributed by atoms with Crippen LogP contribution in [0.3, 0.4) is 0 Å². The molecule has 1 aromatic heterocycles. The Morgan fingerprint density at radius 1 is 0.657 bits per heavy atom. The molecule has 1 unspecified atom stereocenters. The van der Waals surface area contributed by atoms with Crippen molar-refractivity contribution in [1.29, 1.82) is 0 Å². The van der Waals surface area contributed by atoms with Gasteiger partial charge in [-0.25, -0.2) is 23.2 Å². The minimum atomic E-state index is -0.770. The van der Waals surface area contributed by atoms with Crippen molar-refractivity contribution in [3.8, 4) is 5.75 Å². The number of Topliss-reactive ketones (excluding diaryl/α,β-unsaturated/α-hetero) is 1. The highest BCUT2D eigenvalue weighted by Crippen LogP contribution is 2.33. The van der Waals surface area contributed by atoms with Crippen LogP contribution in [0, 0.1) is 35.3 Å². The average Bonchev–Trinajstić information content (AvgIpc) is 1.49. The molecule has 22 nitrogen and oxygen atoms in total. The summed E-state index contributed by atoms with van der Waals surface area (Å²) in [7, 11) is 1.00. The Kier molecular flexibility index (Phi) is 57.5. The highest BCUT2D eigenvalue weighted by molar-refractivity contribution is 6.61. The van der Waals surface area contributed by atoms with Gasteiger partial charge in [-0.1, -0.05) is 162 Å². The number of pyridine rings is 1. The largest absolute Gasteiger partial charge is 0.483 e. The number of halogens is 3. The third kappa shape index (κ3) is 51.5. The molecule has 4 aromatic rings. The Morgan fingerprint density at radius 3 is 1.53 bits per heavy atom. The molecule has 0 bridgehead atoms. The smallest absolute Gasteiger partial charge is 0.407 e. The van der Waals surface area contributed by atoms with Gasteiger partial charge in [0.2, 0.25) is 5.43 Å². The molecule has 25 heteroatoms. The molecule has 6 rings (SSSR count). The normalized spacial score (nSPS) is 14.8. The maximum atomic E-state index is 14.2. The van der Waals surface area contributed by atoms with Crippen molar-refractivity contribution in [2.24, 2.45) is 40.9 Å². The van der Waals surface area contributed by atoms with Crippen molar-refractivity contribution < 1.29 is 61.6 Å². The standard InChI is InChI=1S/C31H33F2N3O4.C10H21NO2.C9H21N.C8H7ClO2.C8H18N2O2.C7H18N2.C5H13N.C4H8O.CH4O/c1-19(2)14-35-20(3)15-36-27(35)17-34-16-24(26(37)12-10-22-9-11-23(32)13-25(22)33)29(38)30(28(34)31(36)39)40-18-21-7-5-4-6-8-21;1-6-7-8(2)11-9(12)13-10(3,4)5;1-5-6-9(4)10-7-8(2)3;9-8(10)11-6-7-4-2-1-3-5-7;1-6(5-9)10-7(11)12-8(2,3)4;1-6(2)5-9-7(3)4-8;1-3-4-5(2)6;1-4(2)3-5;1-2/h4-9,11,13,16,19-20,27H,10,12,14-15,17-18H2,1-3H3;8H,6-7H2,1-5H3,(H,11,12);8-10H,5-7H2,1-4H3;1-5H,6H2;6H,5,9H2,1-4H3,(H,10,11);6-7,9H,4-5,8H2,1-3H3;5H,3-4,6H2,1-2H3;3-4H,1-2H3;2H,1H3/t20-,27?;8-;9-;;6-;7-;5-;;/m000.000../s1. The molecule has 0 spiro atoms. The number of hydrogen-bond donors (Lipinski definition) is 8. The topological polar surface area (TPSA) is 314 Å². The van der Waals surface area contributed by atoms with Crippen molar-refractivity contribution in [1.82, 2.24) is 35.6 Å². The van der Waals surface area contributed by atoms with Crippen LogP contribution in [0.4, 0.5) is 23.2 Å². The van der Waals surface area contributed by atoms with Gasteiger partial charge in [-0.3, -0.25) is 19.3 Å². The zero-order valence-electron chi connectivity index (χ0n) is 70.2. The van der Waals surface area contributed by atoms with E-state index in [1.165, 1.54) is 31.5 Å². The van der Waals surface area contributed by atoms with Crippen LogP contribution in [0.5, 0.6) is 5.75 Å². The number of nitrogens with two attached hydrogens (primary N) is 3. The predicted molar refractivity (Wildman–Crippen MR) is 437 cm³/mol. The summed E-state index contributed by atoms with van der Waals surface area (Å²) in [5, 5.41) is 19.2. The van der Waals surface area contributed by atoms with Gasteiger partial charge in [0.25, 0.3) is 5.91 Å². The van der Waals surface area contributed by atoms with Crippen molar-refractivity contribution in [2.75, 3.05) is 46.4 Å². The lowest BCUT2D eigenvalue weighted by atomic mass is 10.0. The SMILES string of the molecule is CC(C)C=O.CC(C)CN1C2Cn3cc(C(=O)CCc4ccc(F)cc4F)c(=O)c(OCc4ccccc4)c3C(=O)N2C[C@@H]1C.CC(C)CN[C@@H](C)CN.CCC[C@H](C)N.CCC[C@H](C)NC(=O)OC(C)(C)C.CCC[C@H](C)NCC(C)C.CO.C[C@@H](CN)NC(=O)OC(C)(C)C.O=C(Cl)OCc1ccccc1. The number of fused-ring (bicyclic) bond motifs is 2. The van der Waals surface area contributed by atoms with Crippen LogP contribution in [0.15, 0.2) is 89.9 Å². The van der Waals surface area contributed by atoms with Crippen LogP contribution in [0.25, 0.3) is 0 Å². The summed E-state index contributed by atoms with van der Waals surface area (Å²) >= 11 is 4.97. The van der Waals surface area contributed by atoms with Gasteiger partial charge in [-0.15, -0.1) is 0 Å². The number of ether oxygens (including phenoxy) is 4. The molecule has 11 N–H and O–H groups in total. The molecular weight excluding hydrogens is 1400 g/mol. The maximum Gasteiger partial charge on any atom is 0.407 e. The molecule has 7 atom stereocenters. The fourth-order valence-corrected chi connectivity index (χ4v) is 9.91. The van der Waals surface area contributed by atoms with Crippen LogP contribution in [-0.2, 0) is 45.2 Å². The first-order valence-corrected chi connectivity index (χ1v) is 38.7. The van der Waals surface area contributed by atoms with Crippen molar-refractivity contribution in [3.63, 3.8) is 0 Å². The summed E-state index contributed by atoms with van der Waals surface area (Å²) in [5.41, 5.74) is 15.8. The second kappa shape index (κ2) is 59.0. The monoisotopic (exact) mass is 1550 g/mol. The Hall–Kier alpha value is -6.90. The van der Waals surface area contributed by atoms with E-state index in [2.05, 4.69) is 114 Å². The quantitative estimate of drug-likeness (QED) is 0.0113. The number of carbonyl (C=O) groups is 6. The van der Waals surface area contributed by atoms with Crippen LogP contribution >= 0.6 is 11.6 Å². The fourth-order valence-electron chi connectivity index (χ4n) is 9.86. The summed E-state index contributed by atoms with van der Waals surface area (Å²) in [4.78, 5) is 86.8. The lowest BCUT2D eigenvalue weighted by Gasteiger charge is -2.37. The van der Waals surface area contributed by atoms with Crippen molar-refractivity contribution in [3.05, 3.63) is 135 Å². The summed E-state index contributed by atoms with van der Waals surface area (Å²) in [6.45, 7) is 52.0. The van der Waals surface area contributed by atoms with Gasteiger partial charge in [-0.2, -0.15) is 0 Å². The first-order valence-electron chi connectivity index (χ1n) is 38.3. The number of alkyl carbamates (subject to hydrolysis) is 2. The highest BCUT2D eigenvalue weighted by Gasteiger charge is 2.46. The van der Waals surface area contributed by atoms with E-state index in [9.17, 15) is 42.3 Å². The third-order valence-corrected chi connectivity index (χ3v) is 15.3. The van der Waals surface area contributed by atoms with E-state index in [1.807, 2.05) is 137 Å². The van der Waals surface area contributed by atoms with Gasteiger partial charge in [0.05, 0.1) is 12.1 Å². The Morgan fingerprint density at radius 2 is 1.12 bits per heavy atom. The van der Waals surface area contributed by atoms with E-state index < -0.39 is 45.6 Å². The fraction of sp³-hybridized carbons (Fsp3) is 0.651. The van der Waals surface area contributed by atoms with Crippen LogP contribution in [0.2, 0.25) is 0 Å². The van der Waals surface area contributed by atoms with Crippen LogP contribution in [0.1, 0.15) is 242 Å². The number of nitrogens with zero attached hydrogens (tertiary/aromatic N) is 3. The Balaban J connectivity index is -0.00000133. The molecule has 0 aliphatic carbocycles. The molecule has 1 fully saturated rings. The van der Waals surface area contributed by atoms with E-state index in [-0.39, 0.29) is 90.8 Å².